The number of hydrogen-bond acceptors (Lipinski definition) is 2. The summed E-state index contributed by atoms with van der Waals surface area (Å²) in [6.45, 7) is 1.94. The summed E-state index contributed by atoms with van der Waals surface area (Å²) in [5, 5.41) is 9.46. The molecule has 1 atom stereocenters. The zero-order valence-corrected chi connectivity index (χ0v) is 12.0. The van der Waals surface area contributed by atoms with Gasteiger partial charge in [0.15, 0.2) is 0 Å². The molecule has 3 nitrogen and oxygen atoms in total. The quantitative estimate of drug-likeness (QED) is 0.915. The van der Waals surface area contributed by atoms with Gasteiger partial charge in [0, 0.05) is 0 Å². The standard InChI is InChI=1S/C17H17FO3/c1-11-3-8-16(21-2)13(9-11)10-15(17(19)20)12-4-6-14(18)7-5-12/h3-9,15H,10H2,1-2H3,(H,19,20). The Balaban J connectivity index is 2.35. The monoisotopic (exact) mass is 288 g/mol. The molecule has 2 aromatic rings. The van der Waals surface area contributed by atoms with Crippen LogP contribution in [-0.4, -0.2) is 18.2 Å². The first-order valence-corrected chi connectivity index (χ1v) is 6.63. The molecule has 0 bridgehead atoms. The SMILES string of the molecule is COc1ccc(C)cc1CC(C(=O)O)c1ccc(F)cc1. The molecule has 0 aliphatic heterocycles. The fraction of sp³-hybridized carbons (Fsp3) is 0.235. The Labute approximate surface area is 123 Å². The van der Waals surface area contributed by atoms with Gasteiger partial charge < -0.3 is 9.84 Å². The Morgan fingerprint density at radius 3 is 2.48 bits per heavy atom. The highest BCUT2D eigenvalue weighted by Gasteiger charge is 2.22. The Hall–Kier alpha value is -2.36. The van der Waals surface area contributed by atoms with Crippen molar-refractivity contribution in [3.63, 3.8) is 0 Å². The largest absolute Gasteiger partial charge is 0.496 e. The Kier molecular flexibility index (Phi) is 4.58. The summed E-state index contributed by atoms with van der Waals surface area (Å²) in [7, 11) is 1.56. The summed E-state index contributed by atoms with van der Waals surface area (Å²) in [4.78, 5) is 11.5. The number of carbonyl (C=O) groups is 1. The second kappa shape index (κ2) is 6.39. The number of aliphatic carboxylic acids is 1. The first-order valence-electron chi connectivity index (χ1n) is 6.63. The minimum atomic E-state index is -0.940. The van der Waals surface area contributed by atoms with Crippen molar-refractivity contribution < 1.29 is 19.0 Å². The van der Waals surface area contributed by atoms with E-state index in [9.17, 15) is 14.3 Å². The van der Waals surface area contributed by atoms with Crippen LogP contribution in [0.25, 0.3) is 0 Å². The molecule has 0 aliphatic carbocycles. The molecule has 1 N–H and O–H groups in total. The van der Waals surface area contributed by atoms with E-state index in [0.29, 0.717) is 17.7 Å². The van der Waals surface area contributed by atoms with Crippen molar-refractivity contribution in [1.82, 2.24) is 0 Å². The molecule has 0 saturated heterocycles. The molecule has 0 fully saturated rings. The second-order valence-corrected chi connectivity index (χ2v) is 4.96. The fourth-order valence-corrected chi connectivity index (χ4v) is 2.33. The van der Waals surface area contributed by atoms with E-state index in [4.69, 9.17) is 4.74 Å². The minimum absolute atomic E-state index is 0.297. The lowest BCUT2D eigenvalue weighted by molar-refractivity contribution is -0.138. The highest BCUT2D eigenvalue weighted by Crippen LogP contribution is 2.28. The highest BCUT2D eigenvalue weighted by molar-refractivity contribution is 5.76. The lowest BCUT2D eigenvalue weighted by atomic mass is 9.91. The van der Waals surface area contributed by atoms with Gasteiger partial charge in [0.1, 0.15) is 11.6 Å². The van der Waals surface area contributed by atoms with Crippen molar-refractivity contribution >= 4 is 5.97 Å². The van der Waals surface area contributed by atoms with Crippen molar-refractivity contribution in [2.24, 2.45) is 0 Å². The van der Waals surface area contributed by atoms with Gasteiger partial charge in [0.2, 0.25) is 0 Å². The molecule has 0 aliphatic rings. The first kappa shape index (κ1) is 15.0. The van der Waals surface area contributed by atoms with Crippen molar-refractivity contribution in [2.75, 3.05) is 7.11 Å². The molecule has 4 heteroatoms. The number of hydrogen-bond donors (Lipinski definition) is 1. The molecular weight excluding hydrogens is 271 g/mol. The minimum Gasteiger partial charge on any atom is -0.496 e. The number of carboxylic acids is 1. The molecule has 0 heterocycles. The number of halogens is 1. The van der Waals surface area contributed by atoms with Crippen LogP contribution in [-0.2, 0) is 11.2 Å². The number of rotatable bonds is 5. The lowest BCUT2D eigenvalue weighted by Gasteiger charge is -2.16. The molecule has 1 unspecified atom stereocenters. The zero-order valence-electron chi connectivity index (χ0n) is 12.0. The van der Waals surface area contributed by atoms with Crippen molar-refractivity contribution in [3.05, 3.63) is 65.0 Å². The van der Waals surface area contributed by atoms with Crippen LogP contribution < -0.4 is 4.74 Å². The molecule has 2 aromatic carbocycles. The summed E-state index contributed by atoms with van der Waals surface area (Å²) >= 11 is 0. The van der Waals surface area contributed by atoms with Crippen LogP contribution in [0.3, 0.4) is 0 Å². The molecular formula is C17H17FO3. The maximum atomic E-state index is 13.0. The third-order valence-corrected chi connectivity index (χ3v) is 3.43. The third kappa shape index (κ3) is 3.60. The highest BCUT2D eigenvalue weighted by atomic mass is 19.1. The molecule has 0 spiro atoms. The van der Waals surface area contributed by atoms with Gasteiger partial charge in [-0.1, -0.05) is 29.8 Å². The van der Waals surface area contributed by atoms with Gasteiger partial charge in [-0.05, 0) is 42.7 Å². The second-order valence-electron chi connectivity index (χ2n) is 4.96. The average Bonchev–Trinajstić information content (AvgIpc) is 2.46. The normalized spacial score (nSPS) is 12.0. The van der Waals surface area contributed by atoms with Gasteiger partial charge in [-0.25, -0.2) is 4.39 Å². The zero-order chi connectivity index (χ0) is 15.4. The maximum absolute atomic E-state index is 13.0. The fourth-order valence-electron chi connectivity index (χ4n) is 2.33. The number of ether oxygens (including phenoxy) is 1. The molecule has 2 rings (SSSR count). The first-order chi connectivity index (χ1) is 10.0. The topological polar surface area (TPSA) is 46.5 Å². The van der Waals surface area contributed by atoms with Crippen molar-refractivity contribution in [2.45, 2.75) is 19.3 Å². The van der Waals surface area contributed by atoms with Gasteiger partial charge in [0.25, 0.3) is 0 Å². The van der Waals surface area contributed by atoms with Gasteiger partial charge >= 0.3 is 5.97 Å². The van der Waals surface area contributed by atoms with Crippen LogP contribution in [0.4, 0.5) is 4.39 Å². The molecule has 0 saturated carbocycles. The molecule has 0 amide bonds. The Morgan fingerprint density at radius 1 is 1.24 bits per heavy atom. The predicted molar refractivity (Wildman–Crippen MR) is 78.2 cm³/mol. The van der Waals surface area contributed by atoms with E-state index < -0.39 is 11.9 Å². The van der Waals surface area contributed by atoms with Gasteiger partial charge in [-0.2, -0.15) is 0 Å². The van der Waals surface area contributed by atoms with Crippen LogP contribution >= 0.6 is 0 Å². The number of benzene rings is 2. The molecule has 21 heavy (non-hydrogen) atoms. The third-order valence-electron chi connectivity index (χ3n) is 3.43. The van der Waals surface area contributed by atoms with E-state index >= 15 is 0 Å². The summed E-state index contributed by atoms with van der Waals surface area (Å²) in [5.74, 6) is -1.39. The molecule has 0 aromatic heterocycles. The summed E-state index contributed by atoms with van der Waals surface area (Å²) in [6.07, 6.45) is 0.297. The number of carboxylic acid groups (broad SMARTS) is 1. The van der Waals surface area contributed by atoms with Crippen LogP contribution in [0, 0.1) is 12.7 Å². The summed E-state index contributed by atoms with van der Waals surface area (Å²) < 4.78 is 18.3. The van der Waals surface area contributed by atoms with Gasteiger partial charge in [-0.3, -0.25) is 4.79 Å². The van der Waals surface area contributed by atoms with Crippen LogP contribution in [0.5, 0.6) is 5.75 Å². The van der Waals surface area contributed by atoms with Crippen molar-refractivity contribution in [3.8, 4) is 5.75 Å². The molecule has 110 valence electrons. The Bertz CT molecular complexity index is 635. The molecule has 0 radical (unpaired) electrons. The number of methoxy groups -OCH3 is 1. The summed E-state index contributed by atoms with van der Waals surface area (Å²) in [5.41, 5.74) is 2.44. The van der Waals surface area contributed by atoms with Crippen molar-refractivity contribution in [1.29, 1.82) is 0 Å². The van der Waals surface area contributed by atoms with E-state index in [1.165, 1.54) is 24.3 Å². The lowest BCUT2D eigenvalue weighted by Crippen LogP contribution is -2.15. The van der Waals surface area contributed by atoms with E-state index in [2.05, 4.69) is 0 Å². The van der Waals surface area contributed by atoms with Crippen LogP contribution in [0.2, 0.25) is 0 Å². The van der Waals surface area contributed by atoms with E-state index in [0.717, 1.165) is 11.1 Å². The summed E-state index contributed by atoms with van der Waals surface area (Å²) in [6, 6.07) is 11.2. The smallest absolute Gasteiger partial charge is 0.311 e. The number of aryl methyl sites for hydroxylation is 1. The van der Waals surface area contributed by atoms with Gasteiger partial charge in [-0.15, -0.1) is 0 Å². The van der Waals surface area contributed by atoms with E-state index in [1.807, 2.05) is 25.1 Å². The van der Waals surface area contributed by atoms with E-state index in [-0.39, 0.29) is 5.82 Å². The van der Waals surface area contributed by atoms with Crippen LogP contribution in [0.1, 0.15) is 22.6 Å². The average molecular weight is 288 g/mol. The predicted octanol–water partition coefficient (Wildman–Crippen LogP) is 3.55. The van der Waals surface area contributed by atoms with Crippen LogP contribution in [0.15, 0.2) is 42.5 Å². The Morgan fingerprint density at radius 2 is 1.90 bits per heavy atom. The maximum Gasteiger partial charge on any atom is 0.311 e. The van der Waals surface area contributed by atoms with E-state index in [1.54, 1.807) is 7.11 Å². The van der Waals surface area contributed by atoms with Gasteiger partial charge in [0.05, 0.1) is 13.0 Å².